The van der Waals surface area contributed by atoms with Crippen LogP contribution in [0.15, 0.2) is 12.2 Å². The Morgan fingerprint density at radius 1 is 0.714 bits per heavy atom. The van der Waals surface area contributed by atoms with Gasteiger partial charge in [-0.15, -0.1) is 0 Å². The number of carbonyl (C=O) groups excluding carboxylic acids is 1. The van der Waals surface area contributed by atoms with Gasteiger partial charge in [0.25, 0.3) is 0 Å². The number of allylic oxidation sites excluding steroid dienone is 2. The molecule has 0 aliphatic heterocycles. The molecule has 0 saturated carbocycles. The molecule has 168 valence electrons. The van der Waals surface area contributed by atoms with Crippen LogP contribution in [-0.2, 0) is 4.79 Å². The Kier molecular flexibility index (Phi) is 26.2. The van der Waals surface area contributed by atoms with E-state index in [2.05, 4.69) is 19.1 Å². The van der Waals surface area contributed by atoms with Gasteiger partial charge in [-0.1, -0.05) is 76.9 Å². The third-order valence-electron chi connectivity index (χ3n) is 5.14. The summed E-state index contributed by atoms with van der Waals surface area (Å²) in [6, 6.07) is 0. The van der Waals surface area contributed by atoms with E-state index in [0.717, 1.165) is 12.8 Å². The van der Waals surface area contributed by atoms with E-state index < -0.39 is 0 Å². The summed E-state index contributed by atoms with van der Waals surface area (Å²) in [6.45, 7) is 3.07. The Morgan fingerprint density at radius 3 is 1.61 bits per heavy atom. The van der Waals surface area contributed by atoms with Crippen LogP contribution in [0.2, 0.25) is 0 Å². The minimum absolute atomic E-state index is 0. The summed E-state index contributed by atoms with van der Waals surface area (Å²) >= 11 is 0. The Balaban J connectivity index is 0. The molecule has 0 fully saturated rings. The van der Waals surface area contributed by atoms with E-state index in [0.29, 0.717) is 24.4 Å². The van der Waals surface area contributed by atoms with E-state index in [9.17, 15) is 4.79 Å². The summed E-state index contributed by atoms with van der Waals surface area (Å²) in [5.74, 6) is 0.131. The molecule has 0 radical (unpaired) electrons. The molecule has 0 aliphatic rings. The van der Waals surface area contributed by atoms with Gasteiger partial charge in [-0.05, 0) is 32.1 Å². The van der Waals surface area contributed by atoms with Crippen molar-refractivity contribution in [2.24, 2.45) is 0 Å². The first-order valence-corrected chi connectivity index (χ1v) is 11.5. The van der Waals surface area contributed by atoms with Crippen LogP contribution in [0.4, 0.5) is 0 Å². The fourth-order valence-corrected chi connectivity index (χ4v) is 3.38. The van der Waals surface area contributed by atoms with Crippen LogP contribution in [0, 0.1) is 0 Å². The van der Waals surface area contributed by atoms with Crippen LogP contribution in [0.1, 0.15) is 103 Å². The van der Waals surface area contributed by atoms with Gasteiger partial charge in [0.05, 0.1) is 19.6 Å². The Hall–Kier alpha value is -0.420. The quantitative estimate of drug-likeness (QED) is 0.202. The van der Waals surface area contributed by atoms with Gasteiger partial charge in [0, 0.05) is 0 Å². The lowest BCUT2D eigenvalue weighted by Gasteiger charge is -2.14. The van der Waals surface area contributed by atoms with E-state index in [4.69, 9.17) is 10.2 Å². The van der Waals surface area contributed by atoms with Gasteiger partial charge >= 0.3 is 5.91 Å². The van der Waals surface area contributed by atoms with Gasteiger partial charge in [-0.3, -0.25) is 4.90 Å². The first-order chi connectivity index (χ1) is 13.3. The number of nitrogens with one attached hydrogen (secondary N) is 1. The highest BCUT2D eigenvalue weighted by Gasteiger charge is 2.17. The van der Waals surface area contributed by atoms with Crippen LogP contribution in [0.5, 0.6) is 0 Å². The standard InChI is InChI=1S/C23H45NO3.ClH/c1-2-3-4-5-6-7-8-9-10-11-12-13-14-15-16-17-18-23(27)24(19-21-25)20-22-26;/h10-11,25-26H,2-9,12-22H2,1H3;1H/b11-10-;. The lowest BCUT2D eigenvalue weighted by atomic mass is 10.1. The highest BCUT2D eigenvalue weighted by molar-refractivity contribution is 5.66. The zero-order chi connectivity index (χ0) is 20.0. The fraction of sp³-hybridized carbons (Fsp3) is 0.870. The van der Waals surface area contributed by atoms with Crippen molar-refractivity contribution < 1.29 is 32.3 Å². The monoisotopic (exact) mass is 419 g/mol. The summed E-state index contributed by atoms with van der Waals surface area (Å²) in [6.07, 6.45) is 23.0. The molecule has 0 aromatic carbocycles. The molecule has 0 atom stereocenters. The van der Waals surface area contributed by atoms with Gasteiger partial charge in [-0.25, -0.2) is 4.79 Å². The second kappa shape index (κ2) is 24.6. The Morgan fingerprint density at radius 2 is 1.14 bits per heavy atom. The normalized spacial score (nSPS) is 11.3. The molecule has 3 N–H and O–H groups in total. The number of rotatable bonds is 20. The largest absolute Gasteiger partial charge is 1.00 e. The molecule has 0 heterocycles. The maximum Gasteiger partial charge on any atom is 0.312 e. The molecule has 0 aromatic rings. The zero-order valence-corrected chi connectivity index (χ0v) is 19.0. The summed E-state index contributed by atoms with van der Waals surface area (Å²) in [5, 5.41) is 17.9. The van der Waals surface area contributed by atoms with Crippen molar-refractivity contribution in [1.29, 1.82) is 0 Å². The number of carbonyl (C=O) groups is 1. The molecule has 0 unspecified atom stereocenters. The average molecular weight is 420 g/mol. The van der Waals surface area contributed by atoms with Crippen molar-refractivity contribution in [2.75, 3.05) is 26.3 Å². The number of hydrogen-bond acceptors (Lipinski definition) is 3. The predicted molar refractivity (Wildman–Crippen MR) is 114 cm³/mol. The topological polar surface area (TPSA) is 62.0 Å². The van der Waals surface area contributed by atoms with E-state index in [1.807, 2.05) is 0 Å². The van der Waals surface area contributed by atoms with Crippen molar-refractivity contribution in [1.82, 2.24) is 0 Å². The fourth-order valence-electron chi connectivity index (χ4n) is 3.38. The zero-order valence-electron chi connectivity index (χ0n) is 18.3. The van der Waals surface area contributed by atoms with Crippen LogP contribution < -0.4 is 17.3 Å². The third kappa shape index (κ3) is 20.3. The third-order valence-corrected chi connectivity index (χ3v) is 5.14. The van der Waals surface area contributed by atoms with Crippen LogP contribution in [0.25, 0.3) is 0 Å². The summed E-state index contributed by atoms with van der Waals surface area (Å²) in [4.78, 5) is 12.7. The molecule has 0 saturated heterocycles. The number of amides is 1. The molecular weight excluding hydrogens is 374 g/mol. The summed E-state index contributed by atoms with van der Waals surface area (Å²) < 4.78 is 0. The van der Waals surface area contributed by atoms with E-state index >= 15 is 0 Å². The van der Waals surface area contributed by atoms with Gasteiger partial charge in [-0.2, -0.15) is 0 Å². The second-order valence-corrected chi connectivity index (χ2v) is 7.66. The number of aliphatic hydroxyl groups is 2. The number of unbranched alkanes of at least 4 members (excludes halogenated alkanes) is 12. The molecule has 0 bridgehead atoms. The maximum atomic E-state index is 12.0. The van der Waals surface area contributed by atoms with Crippen molar-refractivity contribution in [3.05, 3.63) is 12.2 Å². The van der Waals surface area contributed by atoms with Crippen LogP contribution in [-0.4, -0.2) is 42.4 Å². The highest BCUT2D eigenvalue weighted by atomic mass is 35.5. The van der Waals surface area contributed by atoms with Gasteiger partial charge in [0.1, 0.15) is 13.1 Å². The smallest absolute Gasteiger partial charge is 0.312 e. The highest BCUT2D eigenvalue weighted by Crippen LogP contribution is 2.10. The second-order valence-electron chi connectivity index (χ2n) is 7.66. The number of aliphatic hydroxyl groups excluding tert-OH is 2. The van der Waals surface area contributed by atoms with Crippen LogP contribution in [0.3, 0.4) is 0 Å². The number of halogens is 1. The lowest BCUT2D eigenvalue weighted by molar-refractivity contribution is -0.822. The number of quaternary nitrogens is 1. The first-order valence-electron chi connectivity index (χ1n) is 11.5. The molecule has 0 aliphatic carbocycles. The van der Waals surface area contributed by atoms with E-state index in [-0.39, 0.29) is 31.5 Å². The molecule has 0 aromatic heterocycles. The molecule has 0 rings (SSSR count). The molecule has 4 nitrogen and oxygen atoms in total. The first kappa shape index (κ1) is 29.8. The van der Waals surface area contributed by atoms with Gasteiger partial charge in [0.15, 0.2) is 0 Å². The molecule has 0 spiro atoms. The number of hydrogen-bond donors (Lipinski definition) is 3. The molecule has 5 heteroatoms. The molecular formula is C23H46ClNO3. The Labute approximate surface area is 180 Å². The minimum atomic E-state index is -0.00640. The lowest BCUT2D eigenvalue weighted by Crippen LogP contribution is -3.15. The summed E-state index contributed by atoms with van der Waals surface area (Å²) in [7, 11) is 0. The summed E-state index contributed by atoms with van der Waals surface area (Å²) in [5.41, 5.74) is 0. The van der Waals surface area contributed by atoms with Crippen molar-refractivity contribution in [3.8, 4) is 0 Å². The van der Waals surface area contributed by atoms with Gasteiger partial charge < -0.3 is 22.6 Å². The maximum absolute atomic E-state index is 12.0. The average Bonchev–Trinajstić information content (AvgIpc) is 2.67. The van der Waals surface area contributed by atoms with Crippen molar-refractivity contribution in [3.63, 3.8) is 0 Å². The van der Waals surface area contributed by atoms with Crippen molar-refractivity contribution >= 4 is 5.91 Å². The SMILES string of the molecule is CCCCCCCCC/C=C\CCCCCCCC(=O)[NH+](CCO)CCO.[Cl-]. The predicted octanol–water partition coefficient (Wildman–Crippen LogP) is 0.814. The van der Waals surface area contributed by atoms with Crippen molar-refractivity contribution in [2.45, 2.75) is 103 Å². The van der Waals surface area contributed by atoms with Crippen LogP contribution >= 0.6 is 0 Å². The molecule has 28 heavy (non-hydrogen) atoms. The molecule has 1 amide bonds. The minimum Gasteiger partial charge on any atom is -1.00 e. The Bertz CT molecular complexity index is 345. The van der Waals surface area contributed by atoms with E-state index in [1.165, 1.54) is 77.0 Å². The van der Waals surface area contributed by atoms with Gasteiger partial charge in [0.2, 0.25) is 0 Å². The van der Waals surface area contributed by atoms with E-state index in [1.54, 1.807) is 0 Å².